The van der Waals surface area contributed by atoms with Crippen molar-refractivity contribution >= 4 is 17.8 Å². The minimum atomic E-state index is -0.398. The zero-order valence-electron chi connectivity index (χ0n) is 13.7. The Morgan fingerprint density at radius 2 is 1.79 bits per heavy atom. The highest BCUT2D eigenvalue weighted by atomic mass is 16.3. The van der Waals surface area contributed by atoms with Crippen molar-refractivity contribution in [1.29, 1.82) is 0 Å². The van der Waals surface area contributed by atoms with Gasteiger partial charge in [-0.3, -0.25) is 4.79 Å². The minimum Gasteiger partial charge on any atom is -0.508 e. The lowest BCUT2D eigenvalue weighted by Gasteiger charge is -2.21. The molecule has 0 saturated carbocycles. The molecule has 0 unspecified atom stereocenters. The maximum absolute atomic E-state index is 11.9. The molecular formula is C18H21N3O3. The third-order valence-corrected chi connectivity index (χ3v) is 3.64. The van der Waals surface area contributed by atoms with Crippen LogP contribution in [0.15, 0.2) is 47.6 Å². The number of hydrogen-bond donors (Lipinski definition) is 3. The van der Waals surface area contributed by atoms with Crippen molar-refractivity contribution in [3.05, 3.63) is 53.6 Å². The van der Waals surface area contributed by atoms with Crippen LogP contribution in [0.4, 0.5) is 5.69 Å². The highest BCUT2D eigenvalue weighted by molar-refractivity contribution is 5.95. The van der Waals surface area contributed by atoms with Crippen LogP contribution in [0.1, 0.15) is 29.8 Å². The number of carbonyl (C=O) groups is 1. The number of amides is 1. The number of phenolic OH excluding ortho intramolecular Hbond substituents is 2. The van der Waals surface area contributed by atoms with Crippen molar-refractivity contribution in [2.75, 3.05) is 18.0 Å². The Labute approximate surface area is 141 Å². The fourth-order valence-corrected chi connectivity index (χ4v) is 2.26. The summed E-state index contributed by atoms with van der Waals surface area (Å²) >= 11 is 0. The van der Waals surface area contributed by atoms with E-state index in [0.29, 0.717) is 11.1 Å². The number of hydrazone groups is 1. The summed E-state index contributed by atoms with van der Waals surface area (Å²) in [5, 5.41) is 23.1. The van der Waals surface area contributed by atoms with Crippen molar-refractivity contribution < 1.29 is 15.0 Å². The monoisotopic (exact) mass is 327 g/mol. The predicted octanol–water partition coefficient (Wildman–Crippen LogP) is 2.71. The van der Waals surface area contributed by atoms with Gasteiger partial charge in [0.25, 0.3) is 5.91 Å². The fraction of sp³-hybridized carbons (Fsp3) is 0.222. The number of anilines is 1. The van der Waals surface area contributed by atoms with Crippen LogP contribution in [-0.2, 0) is 0 Å². The van der Waals surface area contributed by atoms with Crippen molar-refractivity contribution in [3.63, 3.8) is 0 Å². The maximum atomic E-state index is 11.9. The molecule has 2 aromatic carbocycles. The number of nitrogens with one attached hydrogen (secondary N) is 1. The molecule has 3 N–H and O–H groups in total. The van der Waals surface area contributed by atoms with Gasteiger partial charge in [0.1, 0.15) is 11.5 Å². The number of rotatable bonds is 6. The summed E-state index contributed by atoms with van der Waals surface area (Å²) in [5.41, 5.74) is 4.21. The first-order chi connectivity index (χ1) is 11.5. The van der Waals surface area contributed by atoms with Crippen LogP contribution in [0.5, 0.6) is 11.5 Å². The maximum Gasteiger partial charge on any atom is 0.271 e. The van der Waals surface area contributed by atoms with Gasteiger partial charge in [0.2, 0.25) is 0 Å². The van der Waals surface area contributed by atoms with Gasteiger partial charge in [-0.25, -0.2) is 5.43 Å². The Morgan fingerprint density at radius 1 is 1.12 bits per heavy atom. The predicted molar refractivity (Wildman–Crippen MR) is 94.8 cm³/mol. The highest BCUT2D eigenvalue weighted by Crippen LogP contribution is 2.23. The van der Waals surface area contributed by atoms with Crippen molar-refractivity contribution in [1.82, 2.24) is 5.43 Å². The van der Waals surface area contributed by atoms with Gasteiger partial charge in [-0.2, -0.15) is 5.10 Å². The molecule has 2 aromatic rings. The van der Waals surface area contributed by atoms with Gasteiger partial charge in [0.15, 0.2) is 0 Å². The van der Waals surface area contributed by atoms with Gasteiger partial charge < -0.3 is 15.1 Å². The summed E-state index contributed by atoms with van der Waals surface area (Å²) in [6, 6.07) is 11.2. The molecule has 0 aliphatic carbocycles. The molecule has 0 aliphatic heterocycles. The molecule has 0 aromatic heterocycles. The van der Waals surface area contributed by atoms with Crippen molar-refractivity contribution in [2.45, 2.75) is 13.8 Å². The molecular weight excluding hydrogens is 306 g/mol. The smallest absolute Gasteiger partial charge is 0.271 e. The van der Waals surface area contributed by atoms with Gasteiger partial charge in [-0.1, -0.05) is 0 Å². The quantitative estimate of drug-likeness (QED) is 0.562. The van der Waals surface area contributed by atoms with Crippen LogP contribution in [0, 0.1) is 0 Å². The second kappa shape index (κ2) is 8.01. The standard InChI is InChI=1S/C18H21N3O3/c1-3-21(4-2)15-8-5-14(17(23)11-15)12-19-20-18(24)13-6-9-16(22)10-7-13/h5-12,22-23H,3-4H2,1-2H3,(H,20,24)/b19-12-. The molecule has 6 nitrogen and oxygen atoms in total. The lowest BCUT2D eigenvalue weighted by Crippen LogP contribution is -2.21. The van der Waals surface area contributed by atoms with E-state index in [1.54, 1.807) is 12.1 Å². The van der Waals surface area contributed by atoms with E-state index in [2.05, 4.69) is 29.3 Å². The third-order valence-electron chi connectivity index (χ3n) is 3.64. The molecule has 0 bridgehead atoms. The van der Waals surface area contributed by atoms with Crippen LogP contribution in [-0.4, -0.2) is 35.4 Å². The molecule has 0 atom stereocenters. The molecule has 1 amide bonds. The summed E-state index contributed by atoms with van der Waals surface area (Å²) in [5.74, 6) is -0.208. The SMILES string of the molecule is CCN(CC)c1ccc(/C=N\NC(=O)c2ccc(O)cc2)c(O)c1. The van der Waals surface area contributed by atoms with Crippen LogP contribution in [0.25, 0.3) is 0 Å². The van der Waals surface area contributed by atoms with Gasteiger partial charge in [-0.05, 0) is 50.2 Å². The van der Waals surface area contributed by atoms with Crippen LogP contribution >= 0.6 is 0 Å². The molecule has 24 heavy (non-hydrogen) atoms. The largest absolute Gasteiger partial charge is 0.508 e. The second-order valence-corrected chi connectivity index (χ2v) is 5.16. The molecule has 0 heterocycles. The van der Waals surface area contributed by atoms with E-state index in [1.165, 1.54) is 30.5 Å². The molecule has 126 valence electrons. The molecule has 0 aliphatic rings. The zero-order valence-corrected chi connectivity index (χ0v) is 13.7. The van der Waals surface area contributed by atoms with Crippen LogP contribution in [0.3, 0.4) is 0 Å². The number of carbonyl (C=O) groups excluding carboxylic acids is 1. The van der Waals surface area contributed by atoms with Crippen LogP contribution < -0.4 is 10.3 Å². The second-order valence-electron chi connectivity index (χ2n) is 5.16. The lowest BCUT2D eigenvalue weighted by atomic mass is 10.2. The third kappa shape index (κ3) is 4.25. The molecule has 0 spiro atoms. The average Bonchev–Trinajstić information content (AvgIpc) is 2.58. The lowest BCUT2D eigenvalue weighted by molar-refractivity contribution is 0.0955. The van der Waals surface area contributed by atoms with E-state index < -0.39 is 5.91 Å². The number of benzene rings is 2. The molecule has 6 heteroatoms. The van der Waals surface area contributed by atoms with Crippen LogP contribution in [0.2, 0.25) is 0 Å². The summed E-state index contributed by atoms with van der Waals surface area (Å²) in [7, 11) is 0. The van der Waals surface area contributed by atoms with E-state index in [-0.39, 0.29) is 11.5 Å². The van der Waals surface area contributed by atoms with E-state index >= 15 is 0 Å². The Balaban J connectivity index is 2.03. The summed E-state index contributed by atoms with van der Waals surface area (Å²) < 4.78 is 0. The van der Waals surface area contributed by atoms with E-state index in [4.69, 9.17) is 0 Å². The molecule has 0 radical (unpaired) electrons. The van der Waals surface area contributed by atoms with Gasteiger partial charge >= 0.3 is 0 Å². The Kier molecular flexibility index (Phi) is 5.78. The Morgan fingerprint density at radius 3 is 2.38 bits per heavy atom. The zero-order chi connectivity index (χ0) is 17.5. The number of hydrogen-bond acceptors (Lipinski definition) is 5. The summed E-state index contributed by atoms with van der Waals surface area (Å²) in [6.45, 7) is 5.81. The van der Waals surface area contributed by atoms with Gasteiger partial charge in [0, 0.05) is 36.0 Å². The van der Waals surface area contributed by atoms with Crippen molar-refractivity contribution in [3.8, 4) is 11.5 Å². The number of phenols is 2. The Hall–Kier alpha value is -3.02. The van der Waals surface area contributed by atoms with E-state index in [1.807, 2.05) is 6.07 Å². The first kappa shape index (κ1) is 17.3. The minimum absolute atomic E-state index is 0.0910. The topological polar surface area (TPSA) is 85.2 Å². The molecule has 0 saturated heterocycles. The molecule has 0 fully saturated rings. The van der Waals surface area contributed by atoms with Gasteiger partial charge in [0.05, 0.1) is 6.21 Å². The first-order valence-corrected chi connectivity index (χ1v) is 7.75. The van der Waals surface area contributed by atoms with Crippen molar-refractivity contribution in [2.24, 2.45) is 5.10 Å². The summed E-state index contributed by atoms with van der Waals surface area (Å²) in [4.78, 5) is 14.0. The van der Waals surface area contributed by atoms with E-state index in [9.17, 15) is 15.0 Å². The average molecular weight is 327 g/mol. The van der Waals surface area contributed by atoms with Gasteiger partial charge in [-0.15, -0.1) is 0 Å². The number of nitrogens with zero attached hydrogens (tertiary/aromatic N) is 2. The molecule has 2 rings (SSSR count). The summed E-state index contributed by atoms with van der Waals surface area (Å²) in [6.07, 6.45) is 1.39. The highest BCUT2D eigenvalue weighted by Gasteiger charge is 2.06. The number of aromatic hydroxyl groups is 2. The van der Waals surface area contributed by atoms with E-state index in [0.717, 1.165) is 18.8 Å². The Bertz CT molecular complexity index is 723. The normalized spacial score (nSPS) is 10.8. The fourth-order valence-electron chi connectivity index (χ4n) is 2.26. The first-order valence-electron chi connectivity index (χ1n) is 7.75.